The van der Waals surface area contributed by atoms with E-state index in [0.29, 0.717) is 10.8 Å². The van der Waals surface area contributed by atoms with Crippen molar-refractivity contribution in [3.05, 3.63) is 70.1 Å². The van der Waals surface area contributed by atoms with Gasteiger partial charge in [-0.2, -0.15) is 5.10 Å². The summed E-state index contributed by atoms with van der Waals surface area (Å²) in [6.07, 6.45) is 0.806. The number of hydrogen-bond acceptors (Lipinski definition) is 5. The van der Waals surface area contributed by atoms with E-state index in [1.54, 1.807) is 36.0 Å². The monoisotopic (exact) mass is 394 g/mol. The molecule has 8 heteroatoms. The first-order chi connectivity index (χ1) is 13.5. The van der Waals surface area contributed by atoms with Crippen LogP contribution in [0.1, 0.15) is 28.5 Å². The summed E-state index contributed by atoms with van der Waals surface area (Å²) in [4.78, 5) is 38.2. The average Bonchev–Trinajstić information content (AvgIpc) is 2.70. The number of nitrogens with two attached hydrogens (primary N) is 1. The Kier molecular flexibility index (Phi) is 4.87. The summed E-state index contributed by atoms with van der Waals surface area (Å²) >= 11 is 1.76. The molecular formula is C20H18N4O3S. The predicted octanol–water partition coefficient (Wildman–Crippen LogP) is 1.85. The molecule has 4 rings (SSSR count). The van der Waals surface area contributed by atoms with Gasteiger partial charge in [-0.05, 0) is 24.1 Å². The van der Waals surface area contributed by atoms with Gasteiger partial charge >= 0.3 is 0 Å². The molecular weight excluding hydrogens is 376 g/mol. The summed E-state index contributed by atoms with van der Waals surface area (Å²) in [6.45, 7) is -0.282. The van der Waals surface area contributed by atoms with Crippen molar-refractivity contribution in [3.63, 3.8) is 0 Å². The van der Waals surface area contributed by atoms with E-state index in [-0.39, 0.29) is 24.2 Å². The molecule has 28 heavy (non-hydrogen) atoms. The van der Waals surface area contributed by atoms with Gasteiger partial charge in [0.05, 0.1) is 11.4 Å². The molecule has 2 aromatic carbocycles. The molecule has 1 aliphatic heterocycles. The second kappa shape index (κ2) is 7.47. The standard InChI is InChI=1S/C20H18N4O3S/c21-19(26)18-12-5-1-2-6-13(12)20(27)24(23-18)11-17(25)22-15-9-10-28-16-8-4-3-7-14(15)16/h1-8,15H,9-11H2,(H2,21,26)(H,22,25)/t15-/m0/s1. The van der Waals surface area contributed by atoms with Crippen LogP contribution in [-0.2, 0) is 11.3 Å². The highest BCUT2D eigenvalue weighted by Crippen LogP contribution is 2.35. The van der Waals surface area contributed by atoms with Crippen LogP contribution >= 0.6 is 11.8 Å². The number of carbonyl (C=O) groups excluding carboxylic acids is 2. The molecule has 3 N–H and O–H groups in total. The molecule has 1 atom stereocenters. The van der Waals surface area contributed by atoms with Crippen LogP contribution < -0.4 is 16.6 Å². The van der Waals surface area contributed by atoms with Gasteiger partial charge in [0.25, 0.3) is 11.5 Å². The van der Waals surface area contributed by atoms with Crippen LogP contribution in [0.3, 0.4) is 0 Å². The lowest BCUT2D eigenvalue weighted by atomic mass is 10.0. The third kappa shape index (κ3) is 3.38. The summed E-state index contributed by atoms with van der Waals surface area (Å²) in [5.41, 5.74) is 6.02. The van der Waals surface area contributed by atoms with Crippen molar-refractivity contribution < 1.29 is 9.59 Å². The first-order valence-electron chi connectivity index (χ1n) is 8.85. The molecule has 1 aliphatic rings. The molecule has 3 aromatic rings. The Bertz CT molecular complexity index is 1140. The van der Waals surface area contributed by atoms with E-state index in [0.717, 1.165) is 27.3 Å². The number of primary amides is 1. The maximum Gasteiger partial charge on any atom is 0.275 e. The molecule has 0 unspecified atom stereocenters. The molecule has 0 radical (unpaired) electrons. The first kappa shape index (κ1) is 18.2. The minimum Gasteiger partial charge on any atom is -0.364 e. The summed E-state index contributed by atoms with van der Waals surface area (Å²) in [5.74, 6) is -0.183. The fourth-order valence-electron chi connectivity index (χ4n) is 3.39. The molecule has 0 fully saturated rings. The third-order valence-electron chi connectivity index (χ3n) is 4.69. The second-order valence-corrected chi connectivity index (χ2v) is 7.65. The quantitative estimate of drug-likeness (QED) is 0.702. The number of benzene rings is 2. The van der Waals surface area contributed by atoms with E-state index in [9.17, 15) is 14.4 Å². The molecule has 0 spiro atoms. The number of fused-ring (bicyclic) bond motifs is 2. The van der Waals surface area contributed by atoms with Crippen LogP contribution in [0.15, 0.2) is 58.2 Å². The van der Waals surface area contributed by atoms with Crippen molar-refractivity contribution in [2.24, 2.45) is 5.73 Å². The Morgan fingerprint density at radius 2 is 1.86 bits per heavy atom. The van der Waals surface area contributed by atoms with Crippen molar-refractivity contribution in [1.82, 2.24) is 15.1 Å². The van der Waals surface area contributed by atoms with Crippen LogP contribution in [-0.4, -0.2) is 27.3 Å². The van der Waals surface area contributed by atoms with E-state index in [4.69, 9.17) is 5.73 Å². The Hall–Kier alpha value is -3.13. The molecule has 7 nitrogen and oxygen atoms in total. The van der Waals surface area contributed by atoms with Crippen molar-refractivity contribution >= 4 is 34.3 Å². The van der Waals surface area contributed by atoms with Gasteiger partial charge in [0.2, 0.25) is 5.91 Å². The van der Waals surface area contributed by atoms with Crippen LogP contribution in [0.5, 0.6) is 0 Å². The molecule has 0 aliphatic carbocycles. The van der Waals surface area contributed by atoms with Gasteiger partial charge in [-0.3, -0.25) is 14.4 Å². The van der Waals surface area contributed by atoms with Gasteiger partial charge in [-0.1, -0.05) is 36.4 Å². The summed E-state index contributed by atoms with van der Waals surface area (Å²) in [7, 11) is 0. The topological polar surface area (TPSA) is 107 Å². The maximum absolute atomic E-state index is 12.7. The maximum atomic E-state index is 12.7. The SMILES string of the molecule is NC(=O)c1nn(CC(=O)N[C@H]2CCSc3ccccc32)c(=O)c2ccccc12. The Morgan fingerprint density at radius 3 is 2.64 bits per heavy atom. The zero-order valence-corrected chi connectivity index (χ0v) is 15.7. The minimum absolute atomic E-state index is 0.0255. The van der Waals surface area contributed by atoms with Crippen molar-refractivity contribution in [3.8, 4) is 0 Å². The van der Waals surface area contributed by atoms with E-state index < -0.39 is 11.5 Å². The van der Waals surface area contributed by atoms with Gasteiger partial charge in [-0.15, -0.1) is 11.8 Å². The molecule has 0 saturated heterocycles. The lowest BCUT2D eigenvalue weighted by Crippen LogP contribution is -2.37. The zero-order chi connectivity index (χ0) is 19.7. The van der Waals surface area contributed by atoms with Gasteiger partial charge in [-0.25, -0.2) is 4.68 Å². The second-order valence-electron chi connectivity index (χ2n) is 6.52. The highest BCUT2D eigenvalue weighted by Gasteiger charge is 2.23. The van der Waals surface area contributed by atoms with Gasteiger partial charge in [0.15, 0.2) is 5.69 Å². The van der Waals surface area contributed by atoms with Crippen LogP contribution in [0.4, 0.5) is 0 Å². The zero-order valence-electron chi connectivity index (χ0n) is 14.9. The number of aromatic nitrogens is 2. The number of amides is 2. The number of rotatable bonds is 4. The average molecular weight is 394 g/mol. The Morgan fingerprint density at radius 1 is 1.14 bits per heavy atom. The molecule has 2 amide bonds. The fraction of sp³-hybridized carbons (Fsp3) is 0.200. The van der Waals surface area contributed by atoms with Crippen LogP contribution in [0, 0.1) is 0 Å². The van der Waals surface area contributed by atoms with E-state index >= 15 is 0 Å². The Labute approximate surface area is 164 Å². The summed E-state index contributed by atoms with van der Waals surface area (Å²) in [5, 5.41) is 7.71. The smallest absolute Gasteiger partial charge is 0.275 e. The molecule has 0 bridgehead atoms. The number of carbonyl (C=O) groups is 2. The number of hydrogen-bond donors (Lipinski definition) is 2. The van der Waals surface area contributed by atoms with Crippen molar-refractivity contribution in [2.45, 2.75) is 23.9 Å². The minimum atomic E-state index is -0.747. The molecule has 2 heterocycles. The van der Waals surface area contributed by atoms with Gasteiger partial charge in [0, 0.05) is 16.0 Å². The largest absolute Gasteiger partial charge is 0.364 e. The first-order valence-corrected chi connectivity index (χ1v) is 9.84. The number of nitrogens with zero attached hydrogens (tertiary/aromatic N) is 2. The predicted molar refractivity (Wildman–Crippen MR) is 107 cm³/mol. The molecule has 142 valence electrons. The van der Waals surface area contributed by atoms with E-state index in [1.807, 2.05) is 24.3 Å². The number of thioether (sulfide) groups is 1. The highest BCUT2D eigenvalue weighted by atomic mass is 32.2. The lowest BCUT2D eigenvalue weighted by Gasteiger charge is -2.25. The van der Waals surface area contributed by atoms with Gasteiger partial charge in [0.1, 0.15) is 6.54 Å². The highest BCUT2D eigenvalue weighted by molar-refractivity contribution is 7.99. The van der Waals surface area contributed by atoms with E-state index in [2.05, 4.69) is 10.4 Å². The number of nitrogens with one attached hydrogen (secondary N) is 1. The fourth-order valence-corrected chi connectivity index (χ4v) is 4.52. The van der Waals surface area contributed by atoms with E-state index in [1.165, 1.54) is 0 Å². The van der Waals surface area contributed by atoms with Crippen LogP contribution in [0.25, 0.3) is 10.8 Å². The molecule has 0 saturated carbocycles. The summed E-state index contributed by atoms with van der Waals surface area (Å²) < 4.78 is 1.00. The normalized spacial score (nSPS) is 15.8. The lowest BCUT2D eigenvalue weighted by molar-refractivity contribution is -0.122. The third-order valence-corrected chi connectivity index (χ3v) is 5.81. The molecule has 1 aromatic heterocycles. The van der Waals surface area contributed by atoms with Crippen molar-refractivity contribution in [1.29, 1.82) is 0 Å². The van der Waals surface area contributed by atoms with Crippen molar-refractivity contribution in [2.75, 3.05) is 5.75 Å². The van der Waals surface area contributed by atoms with Gasteiger partial charge < -0.3 is 11.1 Å². The summed E-state index contributed by atoms with van der Waals surface area (Å²) in [6, 6.07) is 14.4. The Balaban J connectivity index is 1.62. The van der Waals surface area contributed by atoms with Crippen LogP contribution in [0.2, 0.25) is 0 Å².